The monoisotopic (exact) mass is 260 g/mol. The van der Waals surface area contributed by atoms with Crippen molar-refractivity contribution in [2.75, 3.05) is 0 Å². The first-order valence-electron chi connectivity index (χ1n) is 6.42. The summed E-state index contributed by atoms with van der Waals surface area (Å²) in [6, 6.07) is 7.55. The van der Waals surface area contributed by atoms with E-state index in [9.17, 15) is 5.11 Å². The van der Waals surface area contributed by atoms with Crippen LogP contribution in [0.15, 0.2) is 30.5 Å². The standard InChI is InChI=1S/C15H20N2O2/c1-10(2)19-13-7-5-6-12(8-13)15(18)14-9-17(4)16-11(14)3/h5-10,15,18H,1-4H3. The molecule has 0 spiro atoms. The first kappa shape index (κ1) is 13.6. The van der Waals surface area contributed by atoms with Gasteiger partial charge in [-0.3, -0.25) is 4.68 Å². The van der Waals surface area contributed by atoms with E-state index in [0.29, 0.717) is 0 Å². The largest absolute Gasteiger partial charge is 0.491 e. The third-order valence-electron chi connectivity index (χ3n) is 2.89. The second-order valence-corrected chi connectivity index (χ2v) is 4.99. The second kappa shape index (κ2) is 5.45. The van der Waals surface area contributed by atoms with E-state index in [2.05, 4.69) is 5.10 Å². The Bertz CT molecular complexity index is 561. The molecule has 0 aliphatic heterocycles. The topological polar surface area (TPSA) is 47.3 Å². The first-order valence-corrected chi connectivity index (χ1v) is 6.42. The molecule has 4 heteroatoms. The maximum Gasteiger partial charge on any atom is 0.120 e. The van der Waals surface area contributed by atoms with Crippen LogP contribution in [0.2, 0.25) is 0 Å². The average molecular weight is 260 g/mol. The third kappa shape index (κ3) is 3.15. The highest BCUT2D eigenvalue weighted by Crippen LogP contribution is 2.26. The van der Waals surface area contributed by atoms with Crippen molar-refractivity contribution in [3.63, 3.8) is 0 Å². The highest BCUT2D eigenvalue weighted by atomic mass is 16.5. The van der Waals surface area contributed by atoms with Gasteiger partial charge in [-0.2, -0.15) is 5.10 Å². The Balaban J connectivity index is 2.28. The van der Waals surface area contributed by atoms with Gasteiger partial charge in [0.05, 0.1) is 11.8 Å². The number of ether oxygens (including phenoxy) is 1. The minimum absolute atomic E-state index is 0.118. The normalized spacial score (nSPS) is 12.7. The van der Waals surface area contributed by atoms with Crippen LogP contribution in [0.1, 0.15) is 36.8 Å². The van der Waals surface area contributed by atoms with Crippen LogP contribution in [-0.4, -0.2) is 21.0 Å². The number of nitrogens with zero attached hydrogens (tertiary/aromatic N) is 2. The Kier molecular flexibility index (Phi) is 3.90. The quantitative estimate of drug-likeness (QED) is 0.919. The predicted octanol–water partition coefficient (Wildman–Crippen LogP) is 2.60. The average Bonchev–Trinajstić information content (AvgIpc) is 2.67. The van der Waals surface area contributed by atoms with E-state index in [1.54, 1.807) is 4.68 Å². The molecule has 0 saturated heterocycles. The zero-order chi connectivity index (χ0) is 14.0. The van der Waals surface area contributed by atoms with Crippen molar-refractivity contribution < 1.29 is 9.84 Å². The van der Waals surface area contributed by atoms with Gasteiger partial charge in [-0.05, 0) is 38.5 Å². The van der Waals surface area contributed by atoms with Crippen molar-refractivity contribution in [3.8, 4) is 5.75 Å². The molecule has 1 aromatic heterocycles. The molecule has 19 heavy (non-hydrogen) atoms. The molecule has 0 amide bonds. The Morgan fingerprint density at radius 1 is 1.32 bits per heavy atom. The van der Waals surface area contributed by atoms with Crippen molar-refractivity contribution >= 4 is 0 Å². The summed E-state index contributed by atoms with van der Waals surface area (Å²) in [5.74, 6) is 0.771. The molecular formula is C15H20N2O2. The molecular weight excluding hydrogens is 240 g/mol. The van der Waals surface area contributed by atoms with Crippen LogP contribution in [0.25, 0.3) is 0 Å². The zero-order valence-electron chi connectivity index (χ0n) is 11.8. The summed E-state index contributed by atoms with van der Waals surface area (Å²) < 4.78 is 7.36. The van der Waals surface area contributed by atoms with Gasteiger partial charge in [0.1, 0.15) is 11.9 Å². The number of rotatable bonds is 4. The fraction of sp³-hybridized carbons (Fsp3) is 0.400. The van der Waals surface area contributed by atoms with E-state index in [1.165, 1.54) is 0 Å². The first-order chi connectivity index (χ1) is 8.97. The fourth-order valence-corrected chi connectivity index (χ4v) is 2.10. The van der Waals surface area contributed by atoms with Gasteiger partial charge in [-0.25, -0.2) is 0 Å². The summed E-state index contributed by atoms with van der Waals surface area (Å²) in [5, 5.41) is 14.7. The van der Waals surface area contributed by atoms with Crippen LogP contribution in [0.3, 0.4) is 0 Å². The van der Waals surface area contributed by atoms with Crippen LogP contribution in [0.5, 0.6) is 5.75 Å². The molecule has 0 aliphatic carbocycles. The van der Waals surface area contributed by atoms with Crippen LogP contribution in [0, 0.1) is 6.92 Å². The second-order valence-electron chi connectivity index (χ2n) is 4.99. The molecule has 2 rings (SSSR count). The molecule has 1 aromatic carbocycles. The van der Waals surface area contributed by atoms with Crippen LogP contribution in [0.4, 0.5) is 0 Å². The van der Waals surface area contributed by atoms with Crippen LogP contribution >= 0.6 is 0 Å². The number of hydrogen-bond donors (Lipinski definition) is 1. The lowest BCUT2D eigenvalue weighted by Crippen LogP contribution is -2.06. The summed E-state index contributed by atoms with van der Waals surface area (Å²) in [7, 11) is 1.85. The smallest absolute Gasteiger partial charge is 0.120 e. The van der Waals surface area contributed by atoms with Gasteiger partial charge in [0.2, 0.25) is 0 Å². The van der Waals surface area contributed by atoms with Gasteiger partial charge < -0.3 is 9.84 Å². The number of aromatic nitrogens is 2. The molecule has 0 aliphatic rings. The van der Waals surface area contributed by atoms with Gasteiger partial charge in [0.15, 0.2) is 0 Å². The molecule has 0 saturated carbocycles. The lowest BCUT2D eigenvalue weighted by Gasteiger charge is -2.14. The van der Waals surface area contributed by atoms with E-state index in [1.807, 2.05) is 58.3 Å². The summed E-state index contributed by atoms with van der Waals surface area (Å²) in [5.41, 5.74) is 2.48. The van der Waals surface area contributed by atoms with Crippen molar-refractivity contribution in [1.29, 1.82) is 0 Å². The Labute approximate surface area is 113 Å². The fourth-order valence-electron chi connectivity index (χ4n) is 2.10. The Morgan fingerprint density at radius 3 is 2.63 bits per heavy atom. The van der Waals surface area contributed by atoms with Crippen molar-refractivity contribution in [2.45, 2.75) is 33.0 Å². The van der Waals surface area contributed by atoms with Crippen molar-refractivity contribution in [1.82, 2.24) is 9.78 Å². The molecule has 0 radical (unpaired) electrons. The Hall–Kier alpha value is -1.81. The minimum Gasteiger partial charge on any atom is -0.491 e. The summed E-state index contributed by atoms with van der Waals surface area (Å²) in [6.07, 6.45) is 1.28. The van der Waals surface area contributed by atoms with Crippen molar-refractivity contribution in [3.05, 3.63) is 47.3 Å². The highest BCUT2D eigenvalue weighted by Gasteiger charge is 2.16. The number of aliphatic hydroxyl groups is 1. The zero-order valence-corrected chi connectivity index (χ0v) is 11.8. The maximum atomic E-state index is 10.4. The van der Waals surface area contributed by atoms with Gasteiger partial charge >= 0.3 is 0 Å². The van der Waals surface area contributed by atoms with Gasteiger partial charge in [-0.15, -0.1) is 0 Å². The minimum atomic E-state index is -0.676. The van der Waals surface area contributed by atoms with E-state index >= 15 is 0 Å². The highest BCUT2D eigenvalue weighted by molar-refractivity contribution is 5.36. The van der Waals surface area contributed by atoms with Crippen LogP contribution < -0.4 is 4.74 Å². The molecule has 2 aromatic rings. The van der Waals surface area contributed by atoms with Gasteiger partial charge in [0, 0.05) is 18.8 Å². The lowest BCUT2D eigenvalue weighted by molar-refractivity contribution is 0.216. The SMILES string of the molecule is Cc1nn(C)cc1C(O)c1cccc(OC(C)C)c1. The Morgan fingerprint density at radius 2 is 2.05 bits per heavy atom. The summed E-state index contributed by atoms with van der Waals surface area (Å²) >= 11 is 0. The number of aliphatic hydroxyl groups excluding tert-OH is 1. The van der Waals surface area contributed by atoms with Crippen molar-refractivity contribution in [2.24, 2.45) is 7.05 Å². The molecule has 1 atom stereocenters. The van der Waals surface area contributed by atoms with E-state index in [-0.39, 0.29) is 6.10 Å². The maximum absolute atomic E-state index is 10.4. The van der Waals surface area contributed by atoms with Crippen LogP contribution in [-0.2, 0) is 7.05 Å². The number of benzene rings is 1. The summed E-state index contributed by atoms with van der Waals surface area (Å²) in [4.78, 5) is 0. The molecule has 1 unspecified atom stereocenters. The lowest BCUT2D eigenvalue weighted by atomic mass is 10.0. The molecule has 1 heterocycles. The van der Waals surface area contributed by atoms with E-state index < -0.39 is 6.10 Å². The molecule has 4 nitrogen and oxygen atoms in total. The van der Waals surface area contributed by atoms with Gasteiger partial charge in [-0.1, -0.05) is 12.1 Å². The number of hydrogen-bond acceptors (Lipinski definition) is 3. The molecule has 102 valence electrons. The van der Waals surface area contributed by atoms with E-state index in [4.69, 9.17) is 4.74 Å². The molecule has 0 bridgehead atoms. The van der Waals surface area contributed by atoms with E-state index in [0.717, 1.165) is 22.6 Å². The molecule has 1 N–H and O–H groups in total. The molecule has 0 fully saturated rings. The van der Waals surface area contributed by atoms with Gasteiger partial charge in [0.25, 0.3) is 0 Å². The summed E-state index contributed by atoms with van der Waals surface area (Å²) in [6.45, 7) is 5.86. The predicted molar refractivity (Wildman–Crippen MR) is 74.2 cm³/mol. The third-order valence-corrected chi connectivity index (χ3v) is 2.89. The number of aryl methyl sites for hydroxylation is 2.